The number of amides is 1. The van der Waals surface area contributed by atoms with Crippen LogP contribution < -0.4 is 5.32 Å². The number of carbonyl (C=O) groups is 2. The first-order chi connectivity index (χ1) is 16.7. The second kappa shape index (κ2) is 10.9. The Balaban J connectivity index is 1.86. The van der Waals surface area contributed by atoms with Crippen molar-refractivity contribution in [3.63, 3.8) is 0 Å². The maximum atomic E-state index is 13.6. The van der Waals surface area contributed by atoms with Crippen LogP contribution in [0.15, 0.2) is 65.7 Å². The van der Waals surface area contributed by atoms with Gasteiger partial charge in [-0.2, -0.15) is 0 Å². The fraction of sp³-hybridized carbons (Fsp3) is 0.500. The molecule has 6 nitrogen and oxygen atoms in total. The zero-order valence-electron chi connectivity index (χ0n) is 22.6. The Hall–Kier alpha value is -3.15. The van der Waals surface area contributed by atoms with E-state index in [9.17, 15) is 9.59 Å². The number of aliphatic imine (C=N–C) groups is 1. The quantitative estimate of drug-likeness (QED) is 0.363. The van der Waals surface area contributed by atoms with Crippen molar-refractivity contribution in [2.24, 2.45) is 10.9 Å². The molecule has 0 radical (unpaired) electrons. The molecule has 1 saturated carbocycles. The van der Waals surface area contributed by atoms with E-state index in [1.54, 1.807) is 0 Å². The topological polar surface area (TPSA) is 77.0 Å². The van der Waals surface area contributed by atoms with Gasteiger partial charge in [0.15, 0.2) is 5.54 Å². The lowest BCUT2D eigenvalue weighted by atomic mass is 9.73. The van der Waals surface area contributed by atoms with Crippen LogP contribution in [0.4, 0.5) is 4.79 Å². The largest absolute Gasteiger partial charge is 0.458 e. The van der Waals surface area contributed by atoms with Gasteiger partial charge in [-0.3, -0.25) is 4.99 Å². The molecule has 1 aliphatic rings. The lowest BCUT2D eigenvalue weighted by Gasteiger charge is -2.40. The highest BCUT2D eigenvalue weighted by molar-refractivity contribution is 6.13. The molecule has 2 aromatic carbocycles. The first-order valence-electron chi connectivity index (χ1n) is 12.7. The van der Waals surface area contributed by atoms with Crippen molar-refractivity contribution in [3.05, 3.63) is 71.8 Å². The number of carbonyl (C=O) groups excluding carboxylic acids is 2. The van der Waals surface area contributed by atoms with E-state index in [4.69, 9.17) is 14.5 Å². The molecule has 1 atom stereocenters. The predicted molar refractivity (Wildman–Crippen MR) is 143 cm³/mol. The number of alkyl carbamates (subject to hydrolysis) is 1. The highest BCUT2D eigenvalue weighted by Gasteiger charge is 2.43. The van der Waals surface area contributed by atoms with Gasteiger partial charge in [-0.25, -0.2) is 9.59 Å². The van der Waals surface area contributed by atoms with Crippen LogP contribution in [0.1, 0.15) is 78.9 Å². The number of esters is 1. The number of rotatable bonds is 7. The Morgan fingerprint density at radius 3 is 1.72 bits per heavy atom. The van der Waals surface area contributed by atoms with E-state index < -0.39 is 22.8 Å². The van der Waals surface area contributed by atoms with Crippen LogP contribution in [-0.4, -0.2) is 40.6 Å². The molecular weight excluding hydrogens is 452 g/mol. The maximum Gasteiger partial charge on any atom is 0.407 e. The average molecular weight is 493 g/mol. The summed E-state index contributed by atoms with van der Waals surface area (Å²) < 4.78 is 11.2. The molecule has 0 spiro atoms. The van der Waals surface area contributed by atoms with Crippen LogP contribution in [0.25, 0.3) is 0 Å². The molecule has 36 heavy (non-hydrogen) atoms. The van der Waals surface area contributed by atoms with Gasteiger partial charge in [-0.1, -0.05) is 60.7 Å². The summed E-state index contributed by atoms with van der Waals surface area (Å²) in [6.07, 6.45) is 1.64. The van der Waals surface area contributed by atoms with Crippen LogP contribution in [-0.2, 0) is 14.3 Å². The highest BCUT2D eigenvalue weighted by Crippen LogP contribution is 2.38. The van der Waals surface area contributed by atoms with Crippen molar-refractivity contribution in [1.29, 1.82) is 0 Å². The minimum atomic E-state index is -1.09. The normalized spacial score (nSPS) is 19.3. The minimum Gasteiger partial charge on any atom is -0.458 e. The summed E-state index contributed by atoms with van der Waals surface area (Å²) in [5.41, 5.74) is 0.382. The first kappa shape index (κ1) is 27.4. The molecule has 1 unspecified atom stereocenters. The molecule has 6 heteroatoms. The van der Waals surface area contributed by atoms with Crippen LogP contribution in [0.2, 0.25) is 0 Å². The van der Waals surface area contributed by atoms with Gasteiger partial charge in [0.25, 0.3) is 0 Å². The van der Waals surface area contributed by atoms with E-state index >= 15 is 0 Å². The molecule has 0 heterocycles. The summed E-state index contributed by atoms with van der Waals surface area (Å²) in [5, 5.41) is 2.94. The number of nitrogens with one attached hydrogen (secondary N) is 1. The first-order valence-corrected chi connectivity index (χ1v) is 12.7. The molecule has 1 fully saturated rings. The number of ether oxygens (including phenoxy) is 2. The Labute approximate surface area is 215 Å². The molecule has 0 saturated heterocycles. The van der Waals surface area contributed by atoms with E-state index in [1.165, 1.54) is 0 Å². The molecule has 194 valence electrons. The SMILES string of the molecule is CC(C)(C)OC(=O)NC1CC(CC(C)(N=C(c2ccccc2)c2ccccc2)C(=O)OC(C)(C)C)C1. The molecule has 1 aliphatic carbocycles. The molecule has 3 rings (SSSR count). The van der Waals surface area contributed by atoms with E-state index in [1.807, 2.05) is 109 Å². The average Bonchev–Trinajstić information content (AvgIpc) is 2.75. The Morgan fingerprint density at radius 1 is 0.806 bits per heavy atom. The van der Waals surface area contributed by atoms with E-state index in [0.717, 1.165) is 29.7 Å². The predicted octanol–water partition coefficient (Wildman–Crippen LogP) is 6.32. The van der Waals surface area contributed by atoms with Gasteiger partial charge in [0, 0.05) is 17.2 Å². The molecule has 0 bridgehead atoms. The summed E-state index contributed by atoms with van der Waals surface area (Å²) in [5.74, 6) is -0.123. The molecule has 0 aliphatic heterocycles. The molecule has 0 aromatic heterocycles. The minimum absolute atomic E-state index is 0.0273. The second-order valence-corrected chi connectivity index (χ2v) is 11.9. The van der Waals surface area contributed by atoms with Gasteiger partial charge < -0.3 is 14.8 Å². The lowest BCUT2D eigenvalue weighted by Crippen LogP contribution is -2.49. The van der Waals surface area contributed by atoms with Crippen molar-refractivity contribution in [2.75, 3.05) is 0 Å². The molecule has 2 aromatic rings. The van der Waals surface area contributed by atoms with Gasteiger partial charge in [0.1, 0.15) is 11.2 Å². The second-order valence-electron chi connectivity index (χ2n) is 11.9. The van der Waals surface area contributed by atoms with Crippen LogP contribution >= 0.6 is 0 Å². The van der Waals surface area contributed by atoms with Crippen molar-refractivity contribution in [2.45, 2.75) is 90.5 Å². The van der Waals surface area contributed by atoms with E-state index in [-0.39, 0.29) is 17.9 Å². The third kappa shape index (κ3) is 7.94. The van der Waals surface area contributed by atoms with Gasteiger partial charge in [-0.05, 0) is 73.6 Å². The Kier molecular flexibility index (Phi) is 8.27. The van der Waals surface area contributed by atoms with Gasteiger partial charge in [-0.15, -0.1) is 0 Å². The monoisotopic (exact) mass is 492 g/mol. The summed E-state index contributed by atoms with van der Waals surface area (Å²) in [6, 6.07) is 19.9. The fourth-order valence-corrected chi connectivity index (χ4v) is 4.35. The highest BCUT2D eigenvalue weighted by atomic mass is 16.6. The Bertz CT molecular complexity index is 1020. The smallest absolute Gasteiger partial charge is 0.407 e. The van der Waals surface area contributed by atoms with Crippen molar-refractivity contribution in [1.82, 2.24) is 5.32 Å². The van der Waals surface area contributed by atoms with Crippen LogP contribution in [0.5, 0.6) is 0 Å². The molecule has 1 amide bonds. The molecule has 1 N–H and O–H groups in total. The van der Waals surface area contributed by atoms with Gasteiger partial charge in [0.05, 0.1) is 5.71 Å². The summed E-state index contributed by atoms with van der Waals surface area (Å²) in [4.78, 5) is 30.8. The summed E-state index contributed by atoms with van der Waals surface area (Å²) >= 11 is 0. The number of hydrogen-bond acceptors (Lipinski definition) is 5. The number of nitrogens with zero attached hydrogens (tertiary/aromatic N) is 1. The van der Waals surface area contributed by atoms with Crippen LogP contribution in [0.3, 0.4) is 0 Å². The fourth-order valence-electron chi connectivity index (χ4n) is 4.35. The van der Waals surface area contributed by atoms with Crippen molar-refractivity contribution >= 4 is 17.8 Å². The summed E-state index contributed by atoms with van der Waals surface area (Å²) in [7, 11) is 0. The zero-order chi connectivity index (χ0) is 26.6. The lowest BCUT2D eigenvalue weighted by molar-refractivity contribution is -0.162. The van der Waals surface area contributed by atoms with E-state index in [0.29, 0.717) is 6.42 Å². The maximum absolute atomic E-state index is 13.6. The van der Waals surface area contributed by atoms with Crippen LogP contribution in [0, 0.1) is 5.92 Å². The standard InChI is InChI=1S/C30H40N2O4/c1-28(2,3)35-26(33)30(7,20-21-18-24(19-21)31-27(34)36-29(4,5)6)32-25(22-14-10-8-11-15-22)23-16-12-9-13-17-23/h8-17,21,24H,18-20H2,1-7H3,(H,31,34). The number of hydrogen-bond donors (Lipinski definition) is 1. The number of benzene rings is 2. The summed E-state index contributed by atoms with van der Waals surface area (Å²) in [6.45, 7) is 13.0. The third-order valence-corrected chi connectivity index (χ3v) is 5.93. The van der Waals surface area contributed by atoms with Gasteiger partial charge in [0.2, 0.25) is 0 Å². The molecular formula is C30H40N2O4. The third-order valence-electron chi connectivity index (χ3n) is 5.93. The van der Waals surface area contributed by atoms with E-state index in [2.05, 4.69) is 5.32 Å². The Morgan fingerprint density at radius 2 is 1.28 bits per heavy atom. The van der Waals surface area contributed by atoms with Gasteiger partial charge >= 0.3 is 12.1 Å². The van der Waals surface area contributed by atoms with Crippen molar-refractivity contribution in [3.8, 4) is 0 Å². The van der Waals surface area contributed by atoms with Crippen molar-refractivity contribution < 1.29 is 19.1 Å². The zero-order valence-corrected chi connectivity index (χ0v) is 22.6.